The van der Waals surface area contributed by atoms with E-state index in [2.05, 4.69) is 48.8 Å². The zero-order chi connectivity index (χ0) is 21.0. The van der Waals surface area contributed by atoms with Gasteiger partial charge in [0.15, 0.2) is 0 Å². The van der Waals surface area contributed by atoms with E-state index in [0.29, 0.717) is 0 Å². The summed E-state index contributed by atoms with van der Waals surface area (Å²) in [5, 5.41) is 9.24. The standard InChI is InChI=1S/C25H37N3O2/c1-3-11-26-13-5-15-29-21-7-9-23-20(17-21)19-28-25-18-22(8-10-24(23)25)30-16-6-14-27-12-4-2/h7-9,17,19,26-27H,3-6,10-16,18H2,1-2H3. The highest BCUT2D eigenvalue weighted by molar-refractivity contribution is 5.87. The third kappa shape index (κ3) is 6.71. The summed E-state index contributed by atoms with van der Waals surface area (Å²) in [6.07, 6.45) is 10.3. The summed E-state index contributed by atoms with van der Waals surface area (Å²) in [6, 6.07) is 6.38. The lowest BCUT2D eigenvalue weighted by Gasteiger charge is -2.19. The van der Waals surface area contributed by atoms with Crippen LogP contribution in [-0.4, -0.2) is 44.4 Å². The molecule has 2 N–H and O–H groups in total. The molecule has 164 valence electrons. The molecule has 0 fully saturated rings. The van der Waals surface area contributed by atoms with Gasteiger partial charge in [-0.1, -0.05) is 19.9 Å². The molecule has 1 aliphatic carbocycles. The maximum absolute atomic E-state index is 5.99. The summed E-state index contributed by atoms with van der Waals surface area (Å²) in [5.74, 6) is 1.98. The van der Waals surface area contributed by atoms with E-state index in [1.807, 2.05) is 6.20 Å². The summed E-state index contributed by atoms with van der Waals surface area (Å²) < 4.78 is 11.9. The van der Waals surface area contributed by atoms with Crippen LogP contribution in [0.3, 0.4) is 0 Å². The quantitative estimate of drug-likeness (QED) is 0.452. The lowest BCUT2D eigenvalue weighted by atomic mass is 9.95. The number of nitrogens with zero attached hydrogens (tertiary/aromatic N) is 1. The van der Waals surface area contributed by atoms with Crippen molar-refractivity contribution in [1.82, 2.24) is 15.6 Å². The minimum atomic E-state index is 0.734. The monoisotopic (exact) mass is 411 g/mol. The van der Waals surface area contributed by atoms with Gasteiger partial charge in [-0.25, -0.2) is 0 Å². The van der Waals surface area contributed by atoms with Crippen LogP contribution in [0.1, 0.15) is 50.8 Å². The molecular formula is C25H37N3O2. The Morgan fingerprint density at radius 1 is 0.933 bits per heavy atom. The maximum atomic E-state index is 5.99. The lowest BCUT2D eigenvalue weighted by molar-refractivity contribution is 0.199. The summed E-state index contributed by atoms with van der Waals surface area (Å²) >= 11 is 0. The van der Waals surface area contributed by atoms with Crippen LogP contribution in [0.5, 0.6) is 5.75 Å². The van der Waals surface area contributed by atoms with Crippen molar-refractivity contribution in [3.8, 4) is 5.75 Å². The molecule has 2 aromatic rings. The highest BCUT2D eigenvalue weighted by Gasteiger charge is 2.16. The molecule has 0 amide bonds. The van der Waals surface area contributed by atoms with Gasteiger partial charge in [-0.05, 0) is 87.4 Å². The third-order valence-corrected chi connectivity index (χ3v) is 5.34. The second kappa shape index (κ2) is 12.6. The molecule has 0 unspecified atom stereocenters. The van der Waals surface area contributed by atoms with E-state index in [0.717, 1.165) is 87.7 Å². The van der Waals surface area contributed by atoms with Crippen LogP contribution < -0.4 is 15.4 Å². The lowest BCUT2D eigenvalue weighted by Crippen LogP contribution is -2.18. The van der Waals surface area contributed by atoms with Gasteiger partial charge in [0.25, 0.3) is 0 Å². The van der Waals surface area contributed by atoms with Gasteiger partial charge in [0.1, 0.15) is 5.75 Å². The molecule has 3 rings (SSSR count). The predicted octanol–water partition coefficient (Wildman–Crippen LogP) is 4.39. The van der Waals surface area contributed by atoms with Crippen molar-refractivity contribution in [3.63, 3.8) is 0 Å². The Labute approximate surface area is 181 Å². The molecule has 0 spiro atoms. The Kier molecular flexibility index (Phi) is 9.45. The molecule has 0 aliphatic heterocycles. The van der Waals surface area contributed by atoms with Crippen molar-refractivity contribution in [1.29, 1.82) is 0 Å². The molecule has 1 aromatic carbocycles. The summed E-state index contributed by atoms with van der Waals surface area (Å²) in [6.45, 7) is 10.0. The zero-order valence-electron chi connectivity index (χ0n) is 18.6. The second-order valence-electron chi connectivity index (χ2n) is 7.89. The van der Waals surface area contributed by atoms with Crippen LogP contribution in [0.25, 0.3) is 10.8 Å². The largest absolute Gasteiger partial charge is 0.498 e. The number of ether oxygens (including phenoxy) is 2. The second-order valence-corrected chi connectivity index (χ2v) is 7.89. The maximum Gasteiger partial charge on any atom is 0.119 e. The molecule has 30 heavy (non-hydrogen) atoms. The minimum Gasteiger partial charge on any atom is -0.498 e. The molecule has 0 atom stereocenters. The van der Waals surface area contributed by atoms with Gasteiger partial charge in [0.05, 0.1) is 24.7 Å². The molecule has 0 saturated carbocycles. The van der Waals surface area contributed by atoms with Gasteiger partial charge in [-0.3, -0.25) is 4.98 Å². The van der Waals surface area contributed by atoms with Gasteiger partial charge in [0.2, 0.25) is 0 Å². The molecule has 0 bridgehead atoms. The van der Waals surface area contributed by atoms with E-state index in [4.69, 9.17) is 14.5 Å². The summed E-state index contributed by atoms with van der Waals surface area (Å²) in [4.78, 5) is 4.74. The van der Waals surface area contributed by atoms with Crippen molar-refractivity contribution >= 4 is 10.8 Å². The smallest absolute Gasteiger partial charge is 0.119 e. The van der Waals surface area contributed by atoms with Crippen LogP contribution in [0, 0.1) is 0 Å². The number of hydrogen-bond donors (Lipinski definition) is 2. The van der Waals surface area contributed by atoms with Crippen molar-refractivity contribution in [3.05, 3.63) is 47.5 Å². The average molecular weight is 412 g/mol. The number of rotatable bonds is 14. The number of benzene rings is 1. The fraction of sp³-hybridized carbons (Fsp3) is 0.560. The number of allylic oxidation sites excluding steroid dienone is 2. The van der Waals surface area contributed by atoms with Gasteiger partial charge in [0, 0.05) is 18.0 Å². The first kappa shape index (κ1) is 22.6. The molecule has 0 saturated heterocycles. The number of hydrogen-bond acceptors (Lipinski definition) is 5. The molecule has 1 heterocycles. The number of nitrogens with one attached hydrogen (secondary N) is 2. The predicted molar refractivity (Wildman–Crippen MR) is 124 cm³/mol. The number of fused-ring (bicyclic) bond motifs is 3. The van der Waals surface area contributed by atoms with Gasteiger partial charge >= 0.3 is 0 Å². The van der Waals surface area contributed by atoms with Gasteiger partial charge in [-0.15, -0.1) is 0 Å². The summed E-state index contributed by atoms with van der Waals surface area (Å²) in [5.41, 5.74) is 2.46. The molecule has 5 nitrogen and oxygen atoms in total. The average Bonchev–Trinajstić information content (AvgIpc) is 2.78. The summed E-state index contributed by atoms with van der Waals surface area (Å²) in [7, 11) is 0. The van der Waals surface area contributed by atoms with Crippen molar-refractivity contribution in [2.45, 2.75) is 52.4 Å². The molecule has 1 aromatic heterocycles. The Balaban J connectivity index is 1.51. The first-order chi connectivity index (χ1) is 14.8. The van der Waals surface area contributed by atoms with Crippen molar-refractivity contribution < 1.29 is 9.47 Å². The molecule has 5 heteroatoms. The topological polar surface area (TPSA) is 55.4 Å². The fourth-order valence-corrected chi connectivity index (χ4v) is 3.73. The SMILES string of the molecule is CCCNCCCOC1=CCc2c(ncc3cc(OCCCNCCC)ccc23)C1. The van der Waals surface area contributed by atoms with Crippen LogP contribution in [0.4, 0.5) is 0 Å². The number of aromatic nitrogens is 1. The van der Waals surface area contributed by atoms with Gasteiger partial charge in [-0.2, -0.15) is 0 Å². The Morgan fingerprint density at radius 3 is 2.40 bits per heavy atom. The Bertz CT molecular complexity index is 819. The molecule has 1 aliphatic rings. The van der Waals surface area contributed by atoms with E-state index in [1.165, 1.54) is 23.8 Å². The van der Waals surface area contributed by atoms with E-state index in [1.54, 1.807) is 0 Å². The van der Waals surface area contributed by atoms with Crippen LogP contribution in [-0.2, 0) is 17.6 Å². The van der Waals surface area contributed by atoms with Gasteiger partial charge < -0.3 is 20.1 Å². The van der Waals surface area contributed by atoms with E-state index >= 15 is 0 Å². The van der Waals surface area contributed by atoms with Crippen molar-refractivity contribution in [2.24, 2.45) is 0 Å². The first-order valence-electron chi connectivity index (χ1n) is 11.6. The van der Waals surface area contributed by atoms with E-state index in [9.17, 15) is 0 Å². The van der Waals surface area contributed by atoms with Crippen LogP contribution in [0.2, 0.25) is 0 Å². The normalized spacial score (nSPS) is 13.2. The van der Waals surface area contributed by atoms with Crippen molar-refractivity contribution in [2.75, 3.05) is 39.4 Å². The number of pyridine rings is 1. The Hall–Kier alpha value is -2.11. The Morgan fingerprint density at radius 2 is 1.67 bits per heavy atom. The van der Waals surface area contributed by atoms with Crippen LogP contribution in [0.15, 0.2) is 36.2 Å². The van der Waals surface area contributed by atoms with Crippen LogP contribution >= 0.6 is 0 Å². The molecular weight excluding hydrogens is 374 g/mol. The molecule has 0 radical (unpaired) electrons. The van der Waals surface area contributed by atoms with E-state index < -0.39 is 0 Å². The zero-order valence-corrected chi connectivity index (χ0v) is 18.6. The highest BCUT2D eigenvalue weighted by atomic mass is 16.5. The minimum absolute atomic E-state index is 0.734. The fourth-order valence-electron chi connectivity index (χ4n) is 3.73. The van der Waals surface area contributed by atoms with E-state index in [-0.39, 0.29) is 0 Å². The highest BCUT2D eigenvalue weighted by Crippen LogP contribution is 2.29. The third-order valence-electron chi connectivity index (χ3n) is 5.34. The first-order valence-corrected chi connectivity index (χ1v) is 11.6.